The van der Waals surface area contributed by atoms with Crippen LogP contribution in [0.3, 0.4) is 0 Å². The molecule has 1 amide bonds. The number of carbonyl (C=O) groups excluding carboxylic acids is 1. The third kappa shape index (κ3) is 4.98. The van der Waals surface area contributed by atoms with Gasteiger partial charge in [-0.15, -0.1) is 0 Å². The van der Waals surface area contributed by atoms with E-state index in [1.54, 1.807) is 24.3 Å². The molecule has 0 saturated heterocycles. The lowest BCUT2D eigenvalue weighted by Crippen LogP contribution is -2.39. The summed E-state index contributed by atoms with van der Waals surface area (Å²) in [7, 11) is 0. The first-order valence-electron chi connectivity index (χ1n) is 8.45. The highest BCUT2D eigenvalue weighted by atomic mass is 35.5. The van der Waals surface area contributed by atoms with E-state index in [2.05, 4.69) is 31.0 Å². The number of nitriles is 2. The molecule has 0 radical (unpaired) electrons. The number of hydrogen-bond donors (Lipinski definition) is 2. The number of hydrogen-bond acceptors (Lipinski definition) is 5. The van der Waals surface area contributed by atoms with Gasteiger partial charge in [0, 0.05) is 5.02 Å². The van der Waals surface area contributed by atoms with Gasteiger partial charge in [0.15, 0.2) is 0 Å². The number of rotatable bonds is 4. The molecule has 7 heteroatoms. The summed E-state index contributed by atoms with van der Waals surface area (Å²) in [5.41, 5.74) is 0.396. The average Bonchev–Trinajstić information content (AvgIpc) is 2.64. The number of benzene rings is 1. The van der Waals surface area contributed by atoms with Gasteiger partial charge in [0.25, 0.3) is 0 Å². The van der Waals surface area contributed by atoms with Crippen molar-refractivity contribution >= 4 is 17.5 Å². The van der Waals surface area contributed by atoms with Crippen LogP contribution in [0, 0.1) is 28.6 Å². The normalized spacial score (nSPS) is 19.1. The van der Waals surface area contributed by atoms with Gasteiger partial charge in [-0.1, -0.05) is 50.6 Å². The first-order valence-corrected chi connectivity index (χ1v) is 8.83. The van der Waals surface area contributed by atoms with Crippen LogP contribution in [-0.2, 0) is 4.79 Å². The maximum Gasteiger partial charge on any atom is 0.245 e. The van der Waals surface area contributed by atoms with Gasteiger partial charge >= 0.3 is 0 Å². The van der Waals surface area contributed by atoms with Crippen LogP contribution in [0.1, 0.15) is 32.3 Å². The fourth-order valence-corrected chi connectivity index (χ4v) is 2.97. The van der Waals surface area contributed by atoms with Crippen molar-refractivity contribution in [2.75, 3.05) is 19.6 Å². The van der Waals surface area contributed by atoms with Crippen LogP contribution in [-0.4, -0.2) is 35.5 Å². The number of amides is 1. The van der Waals surface area contributed by atoms with Crippen LogP contribution in [0.2, 0.25) is 5.02 Å². The molecule has 1 aromatic rings. The molecule has 1 aromatic carbocycles. The van der Waals surface area contributed by atoms with Gasteiger partial charge in [0.05, 0.1) is 17.6 Å². The first kappa shape index (κ1) is 21.5. The Balaban J connectivity index is 0.000000412. The molecule has 1 aliphatic rings. The molecule has 0 aromatic heterocycles. The van der Waals surface area contributed by atoms with Crippen molar-refractivity contribution < 1.29 is 9.90 Å². The summed E-state index contributed by atoms with van der Waals surface area (Å²) in [6.07, 6.45) is 0. The van der Waals surface area contributed by atoms with Gasteiger partial charge in [-0.25, -0.2) is 0 Å². The van der Waals surface area contributed by atoms with E-state index in [0.717, 1.165) is 0 Å². The average molecular weight is 375 g/mol. The van der Waals surface area contributed by atoms with Gasteiger partial charge in [0.2, 0.25) is 11.8 Å². The minimum absolute atomic E-state index is 0.0701. The zero-order chi connectivity index (χ0) is 19.7. The molecular weight excluding hydrogens is 352 g/mol. The third-order valence-corrected chi connectivity index (χ3v) is 4.61. The number of nitrogens with zero attached hydrogens (tertiary/aromatic N) is 3. The Labute approximate surface area is 159 Å². The molecule has 0 saturated carbocycles. The standard InChI is InChI=1S/C13H8ClN3O2.C6H15N/c14-10-4-2-1-3-7(10)11-8(5-15)12(18)17-13(19)9(11)6-16;1-4-7(5-2)6-3/h1-4,8,11,19H,(H,17,18);4-6H2,1-3H3. The molecule has 0 spiro atoms. The summed E-state index contributed by atoms with van der Waals surface area (Å²) < 4.78 is 0. The van der Waals surface area contributed by atoms with Crippen molar-refractivity contribution in [1.82, 2.24) is 10.2 Å². The van der Waals surface area contributed by atoms with Crippen LogP contribution < -0.4 is 5.32 Å². The van der Waals surface area contributed by atoms with Crippen LogP contribution in [0.4, 0.5) is 0 Å². The summed E-state index contributed by atoms with van der Waals surface area (Å²) in [5.74, 6) is -3.14. The number of aliphatic hydroxyl groups excluding tert-OH is 1. The highest BCUT2D eigenvalue weighted by molar-refractivity contribution is 6.31. The molecule has 2 unspecified atom stereocenters. The fraction of sp³-hybridized carbons (Fsp3) is 0.421. The van der Waals surface area contributed by atoms with Gasteiger partial charge in [-0.3, -0.25) is 10.1 Å². The van der Waals surface area contributed by atoms with Gasteiger partial charge < -0.3 is 10.0 Å². The molecule has 138 valence electrons. The number of allylic oxidation sites excluding steroid dienone is 1. The minimum Gasteiger partial charge on any atom is -0.494 e. The van der Waals surface area contributed by atoms with Crippen molar-refractivity contribution in [2.45, 2.75) is 26.7 Å². The van der Waals surface area contributed by atoms with Crippen LogP contribution in [0.5, 0.6) is 0 Å². The zero-order valence-electron chi connectivity index (χ0n) is 15.2. The molecule has 2 atom stereocenters. The van der Waals surface area contributed by atoms with Crippen molar-refractivity contribution in [1.29, 1.82) is 10.5 Å². The van der Waals surface area contributed by atoms with Gasteiger partial charge in [-0.2, -0.15) is 10.5 Å². The largest absolute Gasteiger partial charge is 0.494 e. The maximum atomic E-state index is 11.7. The molecule has 2 N–H and O–H groups in total. The third-order valence-electron chi connectivity index (χ3n) is 4.26. The molecule has 1 aliphatic heterocycles. The molecular formula is C19H23ClN4O2. The predicted octanol–water partition coefficient (Wildman–Crippen LogP) is 3.33. The lowest BCUT2D eigenvalue weighted by molar-refractivity contribution is -0.124. The Morgan fingerprint density at radius 3 is 2.19 bits per heavy atom. The van der Waals surface area contributed by atoms with Crippen molar-refractivity contribution in [3.63, 3.8) is 0 Å². The van der Waals surface area contributed by atoms with Crippen molar-refractivity contribution in [2.24, 2.45) is 5.92 Å². The number of aliphatic hydroxyl groups is 1. The van der Waals surface area contributed by atoms with E-state index in [9.17, 15) is 9.90 Å². The predicted molar refractivity (Wildman–Crippen MR) is 100 cm³/mol. The Bertz CT molecular complexity index is 739. The van der Waals surface area contributed by atoms with E-state index in [4.69, 9.17) is 22.1 Å². The molecule has 0 bridgehead atoms. The Morgan fingerprint density at radius 1 is 1.19 bits per heavy atom. The lowest BCUT2D eigenvalue weighted by atomic mass is 9.79. The van der Waals surface area contributed by atoms with E-state index in [1.807, 2.05) is 12.1 Å². The second-order valence-electron chi connectivity index (χ2n) is 5.59. The molecule has 1 heterocycles. The summed E-state index contributed by atoms with van der Waals surface area (Å²) in [6, 6.07) is 10.3. The topological polar surface area (TPSA) is 100 Å². The number of nitrogens with one attached hydrogen (secondary N) is 1. The van der Waals surface area contributed by atoms with Gasteiger partial charge in [-0.05, 0) is 31.3 Å². The fourth-order valence-electron chi connectivity index (χ4n) is 2.72. The summed E-state index contributed by atoms with van der Waals surface area (Å²) in [5, 5.41) is 30.3. The van der Waals surface area contributed by atoms with E-state index in [0.29, 0.717) is 10.6 Å². The van der Waals surface area contributed by atoms with Crippen molar-refractivity contribution in [3.8, 4) is 12.1 Å². The molecule has 26 heavy (non-hydrogen) atoms. The van der Waals surface area contributed by atoms with E-state index in [1.165, 1.54) is 19.6 Å². The van der Waals surface area contributed by atoms with E-state index >= 15 is 0 Å². The lowest BCUT2D eigenvalue weighted by Gasteiger charge is -2.27. The monoisotopic (exact) mass is 374 g/mol. The molecule has 6 nitrogen and oxygen atoms in total. The SMILES string of the molecule is CCN(CC)CC.N#CC1=C(O)NC(=O)C(C#N)C1c1ccccc1Cl. The van der Waals surface area contributed by atoms with Crippen molar-refractivity contribution in [3.05, 3.63) is 46.3 Å². The van der Waals surface area contributed by atoms with E-state index < -0.39 is 23.6 Å². The highest BCUT2D eigenvalue weighted by Crippen LogP contribution is 2.38. The van der Waals surface area contributed by atoms with E-state index in [-0.39, 0.29) is 5.57 Å². The molecule has 0 aliphatic carbocycles. The van der Waals surface area contributed by atoms with Crippen LogP contribution in [0.15, 0.2) is 35.7 Å². The number of halogens is 1. The van der Waals surface area contributed by atoms with Crippen LogP contribution in [0.25, 0.3) is 0 Å². The smallest absolute Gasteiger partial charge is 0.245 e. The maximum absolute atomic E-state index is 11.7. The Morgan fingerprint density at radius 2 is 1.77 bits per heavy atom. The summed E-state index contributed by atoms with van der Waals surface area (Å²) >= 11 is 6.04. The summed E-state index contributed by atoms with van der Waals surface area (Å²) in [6.45, 7) is 10.1. The molecule has 2 rings (SSSR count). The zero-order valence-corrected chi connectivity index (χ0v) is 15.9. The molecule has 0 fully saturated rings. The minimum atomic E-state index is -1.11. The first-order chi connectivity index (χ1) is 12.4. The van der Waals surface area contributed by atoms with Crippen LogP contribution >= 0.6 is 11.6 Å². The van der Waals surface area contributed by atoms with Gasteiger partial charge in [0.1, 0.15) is 12.0 Å². The highest BCUT2D eigenvalue weighted by Gasteiger charge is 2.40. The second kappa shape index (κ2) is 10.5. The quantitative estimate of drug-likeness (QED) is 0.841. The number of carbonyl (C=O) groups is 1. The summed E-state index contributed by atoms with van der Waals surface area (Å²) in [4.78, 5) is 14.1. The Hall–Kier alpha value is -2.54. The Kier molecular flexibility index (Phi) is 8.64. The second-order valence-corrected chi connectivity index (χ2v) is 6.00.